The van der Waals surface area contributed by atoms with Gasteiger partial charge in [0.1, 0.15) is 0 Å². The topological polar surface area (TPSA) is 129 Å². The van der Waals surface area contributed by atoms with Crippen LogP contribution in [0.25, 0.3) is 0 Å². The Morgan fingerprint density at radius 3 is 2.70 bits per heavy atom. The Morgan fingerprint density at radius 2 is 2.40 bits per heavy atom. The van der Waals surface area contributed by atoms with Gasteiger partial charge in [0.2, 0.25) is 0 Å². The Bertz CT molecular complexity index is 104. The molecule has 0 rings (SSSR count). The monoisotopic (exact) mass is 151 g/mol. The first-order valence-electron chi connectivity index (χ1n) is 2.21. The van der Waals surface area contributed by atoms with E-state index in [1.165, 1.54) is 7.11 Å². The standard InChI is InChI=1S/CH9N7O2/c1-10-8(9)7(5-3)6-4-2/h5,8H,3H2,1H3,(H2,2,6). The second-order valence-corrected chi connectivity index (χ2v) is 1.12. The van der Waals surface area contributed by atoms with Gasteiger partial charge in [0.15, 0.2) is 0 Å². The van der Waals surface area contributed by atoms with Crippen LogP contribution in [-0.2, 0) is 4.84 Å². The van der Waals surface area contributed by atoms with E-state index in [2.05, 4.69) is 21.1 Å². The molecule has 10 heavy (non-hydrogen) atoms. The molecule has 0 radical (unpaired) electrons. The molecule has 0 aromatic rings. The number of rotatable bonds is 4. The van der Waals surface area contributed by atoms with Gasteiger partial charge in [0.25, 0.3) is 0 Å². The largest absolute Gasteiger partial charge is 0.571 e. The summed E-state index contributed by atoms with van der Waals surface area (Å²) >= 11 is 0. The molecule has 0 saturated heterocycles. The number of quaternary nitrogens is 1. The van der Waals surface area contributed by atoms with Crippen molar-refractivity contribution in [2.45, 2.75) is 0 Å². The van der Waals surface area contributed by atoms with Gasteiger partial charge in [0, 0.05) is 10.5 Å². The number of hydrazine groups is 2. The van der Waals surface area contributed by atoms with Crippen molar-refractivity contribution in [3.8, 4) is 0 Å². The van der Waals surface area contributed by atoms with E-state index in [4.69, 9.17) is 5.84 Å². The third-order valence-electron chi connectivity index (χ3n) is 0.611. The molecule has 0 aliphatic carbocycles. The minimum absolute atomic E-state index is 0.528. The van der Waals surface area contributed by atoms with Crippen LogP contribution in [0.4, 0.5) is 0 Å². The van der Waals surface area contributed by atoms with Crippen molar-refractivity contribution in [3.63, 3.8) is 0 Å². The third-order valence-corrected chi connectivity index (χ3v) is 0.611. The zero-order chi connectivity index (χ0) is 7.98. The van der Waals surface area contributed by atoms with Crippen LogP contribution in [0.5, 0.6) is 0 Å². The van der Waals surface area contributed by atoms with Crippen molar-refractivity contribution >= 4 is 0 Å². The van der Waals surface area contributed by atoms with Gasteiger partial charge in [-0.15, -0.1) is 5.53 Å². The first-order chi connectivity index (χ1) is 4.76. The van der Waals surface area contributed by atoms with E-state index in [0.717, 1.165) is 0 Å². The van der Waals surface area contributed by atoms with Gasteiger partial charge in [-0.25, -0.2) is 5.84 Å². The van der Waals surface area contributed by atoms with Crippen molar-refractivity contribution < 1.29 is 10.2 Å². The van der Waals surface area contributed by atoms with Gasteiger partial charge >= 0.3 is 0 Å². The second kappa shape index (κ2) is 4.84. The summed E-state index contributed by atoms with van der Waals surface area (Å²) in [5, 5.41) is 16.0. The summed E-state index contributed by atoms with van der Waals surface area (Å²) in [5.74, 6) is 9.41. The molecule has 0 heterocycles. The number of nitrogens with one attached hydrogen (secondary N) is 2. The highest BCUT2D eigenvalue weighted by Gasteiger charge is 2.04. The molecule has 0 aliphatic heterocycles. The molecule has 6 N–H and O–H groups in total. The highest BCUT2D eigenvalue weighted by Crippen LogP contribution is 1.65. The Balaban J connectivity index is 3.79. The van der Waals surface area contributed by atoms with Gasteiger partial charge in [-0.2, -0.15) is 4.84 Å². The summed E-state index contributed by atoms with van der Waals surface area (Å²) in [6.07, 6.45) is 0. The maximum absolute atomic E-state index is 10.5. The quantitative estimate of drug-likeness (QED) is 0.190. The number of hydrogen-bond donors (Lipinski definition) is 4. The van der Waals surface area contributed by atoms with Crippen molar-refractivity contribution in [2.24, 2.45) is 22.1 Å². The summed E-state index contributed by atoms with van der Waals surface area (Å²) in [7, 11) is 1.17. The van der Waals surface area contributed by atoms with Crippen LogP contribution in [0, 0.1) is 5.21 Å². The Morgan fingerprint density at radius 1 is 1.80 bits per heavy atom. The summed E-state index contributed by atoms with van der Waals surface area (Å²) in [4.78, 5) is 4.19. The lowest BCUT2D eigenvalue weighted by molar-refractivity contribution is -1.15. The van der Waals surface area contributed by atoms with Crippen LogP contribution >= 0.6 is 0 Å². The molecule has 0 aliphatic rings. The average Bonchev–Trinajstić information content (AvgIpc) is 1.99. The molecule has 0 saturated carbocycles. The first-order valence-corrected chi connectivity index (χ1v) is 2.21. The maximum atomic E-state index is 10.5. The van der Waals surface area contributed by atoms with E-state index in [1.54, 1.807) is 0 Å². The molecule has 0 aromatic carbocycles. The van der Waals surface area contributed by atoms with Crippen molar-refractivity contribution in [2.75, 3.05) is 7.11 Å². The predicted molar refractivity (Wildman–Crippen MR) is 29.5 cm³/mol. The van der Waals surface area contributed by atoms with Crippen LogP contribution < -0.4 is 22.6 Å². The van der Waals surface area contributed by atoms with E-state index in [9.17, 15) is 5.21 Å². The molecule has 1 unspecified atom stereocenters. The average molecular weight is 151 g/mol. The van der Waals surface area contributed by atoms with Gasteiger partial charge in [0.05, 0.1) is 7.11 Å². The second-order valence-electron chi connectivity index (χ2n) is 1.12. The highest BCUT2D eigenvalue weighted by atomic mass is 16.9. The van der Waals surface area contributed by atoms with Crippen molar-refractivity contribution in [1.82, 2.24) is 10.8 Å². The summed E-state index contributed by atoms with van der Waals surface area (Å²) in [5.41, 5.74) is 1.87. The number of nitrogens with two attached hydrogens (primary N) is 2. The molecule has 0 fully saturated rings. The van der Waals surface area contributed by atoms with E-state index < -0.39 is 5.34 Å². The summed E-state index contributed by atoms with van der Waals surface area (Å²) < 4.78 is 0. The Hall–Kier alpha value is -1.00. The molecule has 9 heteroatoms. The van der Waals surface area contributed by atoms with Crippen LogP contribution in [0.3, 0.4) is 0 Å². The van der Waals surface area contributed by atoms with Crippen LogP contribution in [0.2, 0.25) is 0 Å². The SMILES string of the molecule is CO[NH+]([O-])N(/N=N/N)NN. The van der Waals surface area contributed by atoms with Crippen LogP contribution in [-0.4, -0.2) is 12.3 Å². The molecule has 9 nitrogen and oxygen atoms in total. The number of hydrogen-bond acceptors (Lipinski definition) is 6. The van der Waals surface area contributed by atoms with Crippen LogP contribution in [0.15, 0.2) is 10.4 Å². The van der Waals surface area contributed by atoms with Gasteiger partial charge < -0.3 is 11.0 Å². The predicted octanol–water partition coefficient (Wildman–Crippen LogP) is -3.23. The number of nitrogens with zero attached hydrogens (tertiary/aromatic N) is 3. The molecular formula is CH9N7O2. The minimum Gasteiger partial charge on any atom is -0.571 e. The van der Waals surface area contributed by atoms with E-state index in [-0.39, 0.29) is 0 Å². The van der Waals surface area contributed by atoms with Crippen molar-refractivity contribution in [1.29, 1.82) is 0 Å². The Kier molecular flexibility index (Phi) is 4.36. The summed E-state index contributed by atoms with van der Waals surface area (Å²) in [6.45, 7) is 0. The van der Waals surface area contributed by atoms with Gasteiger partial charge in [-0.3, -0.25) is 0 Å². The lowest BCUT2D eigenvalue weighted by Crippen LogP contribution is -3.13. The van der Waals surface area contributed by atoms with Crippen LogP contribution in [0.1, 0.15) is 0 Å². The Labute approximate surface area is 56.6 Å². The maximum Gasteiger partial charge on any atom is 0.0991 e. The normalized spacial score (nSPS) is 13.9. The lowest BCUT2D eigenvalue weighted by Gasteiger charge is -2.22. The van der Waals surface area contributed by atoms with Gasteiger partial charge in [-0.05, 0) is 0 Å². The molecule has 0 amide bonds. The van der Waals surface area contributed by atoms with E-state index >= 15 is 0 Å². The molecular weight excluding hydrogens is 142 g/mol. The molecule has 0 aromatic heterocycles. The van der Waals surface area contributed by atoms with E-state index in [1.807, 2.05) is 5.53 Å². The third kappa shape index (κ3) is 2.52. The zero-order valence-electron chi connectivity index (χ0n) is 5.31. The fourth-order valence-electron chi connectivity index (χ4n) is 0.253. The fraction of sp³-hybridized carbons (Fsp3) is 1.00. The molecule has 0 bridgehead atoms. The molecule has 60 valence electrons. The zero-order valence-corrected chi connectivity index (χ0v) is 5.31. The smallest absolute Gasteiger partial charge is 0.0991 e. The summed E-state index contributed by atoms with van der Waals surface area (Å²) in [6, 6.07) is 0. The highest BCUT2D eigenvalue weighted by molar-refractivity contribution is 4.03. The lowest BCUT2D eigenvalue weighted by atomic mass is 11.7. The van der Waals surface area contributed by atoms with Crippen molar-refractivity contribution in [3.05, 3.63) is 5.21 Å². The molecule has 1 atom stereocenters. The van der Waals surface area contributed by atoms with Gasteiger partial charge in [-0.1, -0.05) is 10.6 Å². The van der Waals surface area contributed by atoms with E-state index in [0.29, 0.717) is 5.23 Å². The minimum atomic E-state index is -0.809. The first kappa shape index (κ1) is 9.00. The fourth-order valence-corrected chi connectivity index (χ4v) is 0.253. The molecule has 0 spiro atoms.